The molecule has 1 aromatic heterocycles. The number of thiocarbonyl (C=S) groups is 1. The standard InChI is InChI=1S/C10H14N2O2S3/c11-10(15)8-3-4-9(16-8)17(13,14)12-6-5-7-1-2-7/h3-4,7,12H,1-2,5-6H2,(H2,11,15). The van der Waals surface area contributed by atoms with Crippen molar-refractivity contribution in [3.8, 4) is 0 Å². The molecule has 0 bridgehead atoms. The first-order chi connectivity index (χ1) is 7.99. The Morgan fingerprint density at radius 3 is 2.76 bits per heavy atom. The molecule has 4 nitrogen and oxygen atoms in total. The van der Waals surface area contributed by atoms with Crippen LogP contribution in [0.3, 0.4) is 0 Å². The normalized spacial score (nSPS) is 16.0. The van der Waals surface area contributed by atoms with Gasteiger partial charge in [-0.15, -0.1) is 11.3 Å². The smallest absolute Gasteiger partial charge is 0.250 e. The first kappa shape index (κ1) is 12.9. The van der Waals surface area contributed by atoms with Crippen molar-refractivity contribution >= 4 is 38.6 Å². The second-order valence-corrected chi connectivity index (χ2v) is 7.63. The van der Waals surface area contributed by atoms with E-state index in [9.17, 15) is 8.42 Å². The van der Waals surface area contributed by atoms with Crippen LogP contribution in [-0.4, -0.2) is 20.0 Å². The van der Waals surface area contributed by atoms with Gasteiger partial charge < -0.3 is 5.73 Å². The maximum absolute atomic E-state index is 11.9. The second-order valence-electron chi connectivity index (χ2n) is 4.11. The molecule has 94 valence electrons. The van der Waals surface area contributed by atoms with Crippen LogP contribution in [0, 0.1) is 5.92 Å². The van der Waals surface area contributed by atoms with Crippen molar-refractivity contribution in [2.45, 2.75) is 23.5 Å². The minimum atomic E-state index is -3.39. The molecule has 0 unspecified atom stereocenters. The SMILES string of the molecule is NC(=S)c1ccc(S(=O)(=O)NCCC2CC2)s1. The third kappa shape index (κ3) is 3.48. The number of sulfonamides is 1. The quantitative estimate of drug-likeness (QED) is 0.778. The summed E-state index contributed by atoms with van der Waals surface area (Å²) in [6, 6.07) is 3.18. The van der Waals surface area contributed by atoms with E-state index in [4.69, 9.17) is 18.0 Å². The van der Waals surface area contributed by atoms with Crippen LogP contribution in [-0.2, 0) is 10.0 Å². The molecule has 1 aliphatic rings. The Hall–Kier alpha value is -0.500. The van der Waals surface area contributed by atoms with Crippen molar-refractivity contribution in [1.82, 2.24) is 4.72 Å². The number of hydrogen-bond acceptors (Lipinski definition) is 4. The highest BCUT2D eigenvalue weighted by Gasteiger charge is 2.22. The van der Waals surface area contributed by atoms with E-state index < -0.39 is 10.0 Å². The molecule has 0 saturated heterocycles. The van der Waals surface area contributed by atoms with Crippen LogP contribution in [0.4, 0.5) is 0 Å². The molecule has 0 atom stereocenters. The molecule has 0 radical (unpaired) electrons. The maximum Gasteiger partial charge on any atom is 0.250 e. The van der Waals surface area contributed by atoms with E-state index >= 15 is 0 Å². The molecule has 0 aromatic carbocycles. The number of nitrogens with one attached hydrogen (secondary N) is 1. The zero-order valence-electron chi connectivity index (χ0n) is 9.18. The summed E-state index contributed by atoms with van der Waals surface area (Å²) in [6.45, 7) is 0.507. The lowest BCUT2D eigenvalue weighted by Gasteiger charge is -2.03. The highest BCUT2D eigenvalue weighted by molar-refractivity contribution is 7.91. The highest BCUT2D eigenvalue weighted by atomic mass is 32.2. The summed E-state index contributed by atoms with van der Waals surface area (Å²) in [6.07, 6.45) is 3.38. The van der Waals surface area contributed by atoms with Crippen molar-refractivity contribution in [3.63, 3.8) is 0 Å². The fraction of sp³-hybridized carbons (Fsp3) is 0.500. The van der Waals surface area contributed by atoms with Gasteiger partial charge >= 0.3 is 0 Å². The predicted molar refractivity (Wildman–Crippen MR) is 72.7 cm³/mol. The molecule has 0 amide bonds. The van der Waals surface area contributed by atoms with Gasteiger partial charge in [-0.25, -0.2) is 13.1 Å². The van der Waals surface area contributed by atoms with Crippen LogP contribution in [0.2, 0.25) is 0 Å². The molecule has 2 rings (SSSR count). The molecule has 1 saturated carbocycles. The van der Waals surface area contributed by atoms with Crippen molar-refractivity contribution in [1.29, 1.82) is 0 Å². The molecule has 1 fully saturated rings. The van der Waals surface area contributed by atoms with Crippen LogP contribution in [0.25, 0.3) is 0 Å². The zero-order chi connectivity index (χ0) is 12.5. The van der Waals surface area contributed by atoms with Gasteiger partial charge in [-0.2, -0.15) is 0 Å². The number of nitrogens with two attached hydrogens (primary N) is 1. The third-order valence-corrected chi connectivity index (χ3v) is 6.05. The summed E-state index contributed by atoms with van der Waals surface area (Å²) in [4.78, 5) is 0.858. The van der Waals surface area contributed by atoms with E-state index in [-0.39, 0.29) is 9.20 Å². The molecule has 1 aromatic rings. The Bertz CT molecular complexity index is 517. The molecule has 1 heterocycles. The van der Waals surface area contributed by atoms with E-state index in [1.807, 2.05) is 0 Å². The summed E-state index contributed by atoms with van der Waals surface area (Å²) in [5.41, 5.74) is 5.45. The molecule has 3 N–H and O–H groups in total. The highest BCUT2D eigenvalue weighted by Crippen LogP contribution is 2.32. The van der Waals surface area contributed by atoms with Gasteiger partial charge in [-0.1, -0.05) is 25.1 Å². The molecule has 17 heavy (non-hydrogen) atoms. The van der Waals surface area contributed by atoms with Crippen LogP contribution in [0.1, 0.15) is 24.1 Å². The van der Waals surface area contributed by atoms with Gasteiger partial charge in [-0.3, -0.25) is 0 Å². The summed E-state index contributed by atoms with van der Waals surface area (Å²) < 4.78 is 26.6. The van der Waals surface area contributed by atoms with Gasteiger partial charge in [0.05, 0.1) is 4.88 Å². The fourth-order valence-corrected chi connectivity index (χ4v) is 3.92. The third-order valence-electron chi connectivity index (χ3n) is 2.63. The molecular weight excluding hydrogens is 276 g/mol. The van der Waals surface area contributed by atoms with Crippen LogP contribution < -0.4 is 10.5 Å². The van der Waals surface area contributed by atoms with Gasteiger partial charge in [0.25, 0.3) is 0 Å². The first-order valence-electron chi connectivity index (χ1n) is 5.38. The van der Waals surface area contributed by atoms with E-state index in [1.165, 1.54) is 12.8 Å². The predicted octanol–water partition coefficient (Wildman–Crippen LogP) is 1.46. The number of thiophene rings is 1. The average molecular weight is 290 g/mol. The van der Waals surface area contributed by atoms with Crippen molar-refractivity contribution in [2.75, 3.05) is 6.54 Å². The van der Waals surface area contributed by atoms with Crippen molar-refractivity contribution in [2.24, 2.45) is 11.7 Å². The van der Waals surface area contributed by atoms with Crippen LogP contribution >= 0.6 is 23.6 Å². The topological polar surface area (TPSA) is 72.2 Å². The largest absolute Gasteiger partial charge is 0.389 e. The monoisotopic (exact) mass is 290 g/mol. The maximum atomic E-state index is 11.9. The minimum absolute atomic E-state index is 0.231. The Kier molecular flexibility index (Phi) is 3.82. The minimum Gasteiger partial charge on any atom is -0.389 e. The lowest BCUT2D eigenvalue weighted by atomic mass is 10.3. The lowest BCUT2D eigenvalue weighted by Crippen LogP contribution is -2.24. The van der Waals surface area contributed by atoms with E-state index in [0.29, 0.717) is 17.3 Å². The summed E-state index contributed by atoms with van der Waals surface area (Å²) in [5, 5.41) is 0. The summed E-state index contributed by atoms with van der Waals surface area (Å²) >= 11 is 5.91. The molecule has 7 heteroatoms. The Balaban J connectivity index is 1.99. The van der Waals surface area contributed by atoms with E-state index in [1.54, 1.807) is 12.1 Å². The zero-order valence-corrected chi connectivity index (χ0v) is 11.6. The van der Waals surface area contributed by atoms with Gasteiger partial charge in [-0.05, 0) is 24.5 Å². The molecular formula is C10H14N2O2S3. The lowest BCUT2D eigenvalue weighted by molar-refractivity contribution is 0.577. The van der Waals surface area contributed by atoms with E-state index in [0.717, 1.165) is 17.8 Å². The van der Waals surface area contributed by atoms with Gasteiger partial charge in [0.2, 0.25) is 10.0 Å². The first-order valence-corrected chi connectivity index (χ1v) is 8.09. The van der Waals surface area contributed by atoms with Crippen LogP contribution in [0.15, 0.2) is 16.3 Å². The van der Waals surface area contributed by atoms with Gasteiger partial charge in [0.15, 0.2) is 0 Å². The second kappa shape index (κ2) is 5.01. The Morgan fingerprint density at radius 2 is 2.24 bits per heavy atom. The summed E-state index contributed by atoms with van der Waals surface area (Å²) in [7, 11) is -3.39. The number of hydrogen-bond donors (Lipinski definition) is 2. The average Bonchev–Trinajstić information content (AvgIpc) is 2.92. The molecule has 0 spiro atoms. The molecule has 1 aliphatic carbocycles. The molecule has 0 aliphatic heterocycles. The van der Waals surface area contributed by atoms with Gasteiger partial charge in [0.1, 0.15) is 9.20 Å². The Morgan fingerprint density at radius 1 is 1.53 bits per heavy atom. The van der Waals surface area contributed by atoms with Crippen LogP contribution in [0.5, 0.6) is 0 Å². The fourth-order valence-electron chi connectivity index (χ4n) is 1.47. The van der Waals surface area contributed by atoms with Gasteiger partial charge in [0, 0.05) is 6.54 Å². The summed E-state index contributed by atoms with van der Waals surface area (Å²) in [5.74, 6) is 0.716. The number of rotatable bonds is 6. The Labute approximate surface area is 110 Å². The van der Waals surface area contributed by atoms with Crippen molar-refractivity contribution < 1.29 is 8.42 Å². The van der Waals surface area contributed by atoms with E-state index in [2.05, 4.69) is 4.72 Å². The van der Waals surface area contributed by atoms with Crippen molar-refractivity contribution in [3.05, 3.63) is 17.0 Å².